The number of nitrogens with one attached hydrogen (secondary N) is 2. The third-order valence-corrected chi connectivity index (χ3v) is 3.34. The van der Waals surface area contributed by atoms with Gasteiger partial charge < -0.3 is 10.6 Å². The summed E-state index contributed by atoms with van der Waals surface area (Å²) in [4.78, 5) is 24.0. The zero-order valence-corrected chi connectivity index (χ0v) is 11.3. The first-order valence-corrected chi connectivity index (χ1v) is 6.42. The smallest absolute Gasteiger partial charge is 0.232 e. The fourth-order valence-electron chi connectivity index (χ4n) is 2.39. The van der Waals surface area contributed by atoms with E-state index in [0.29, 0.717) is 16.9 Å². The van der Waals surface area contributed by atoms with Crippen LogP contribution in [0.3, 0.4) is 0 Å². The second-order valence-electron chi connectivity index (χ2n) is 4.93. The molecule has 7 heteroatoms. The first-order chi connectivity index (χ1) is 10.0. The second kappa shape index (κ2) is 5.01. The number of carbonyl (C=O) groups is 2. The molecule has 0 saturated heterocycles. The number of anilines is 2. The summed E-state index contributed by atoms with van der Waals surface area (Å²) in [5, 5.41) is 9.25. The Morgan fingerprint density at radius 2 is 2.33 bits per heavy atom. The minimum atomic E-state index is -0.644. The van der Waals surface area contributed by atoms with Gasteiger partial charge in [0, 0.05) is 25.4 Å². The van der Waals surface area contributed by atoms with Crippen LogP contribution in [0.4, 0.5) is 15.8 Å². The third kappa shape index (κ3) is 2.62. The fraction of sp³-hybridized carbons (Fsp3) is 0.214. The minimum Gasteiger partial charge on any atom is -0.326 e. The zero-order chi connectivity index (χ0) is 15.0. The number of halogens is 1. The Hall–Kier alpha value is -2.70. The number of rotatable bonds is 2. The molecule has 6 nitrogen and oxygen atoms in total. The van der Waals surface area contributed by atoms with Crippen LogP contribution in [0.1, 0.15) is 17.9 Å². The highest BCUT2D eigenvalue weighted by atomic mass is 19.1. The van der Waals surface area contributed by atoms with E-state index in [9.17, 15) is 14.0 Å². The quantitative estimate of drug-likeness (QED) is 0.881. The molecule has 21 heavy (non-hydrogen) atoms. The van der Waals surface area contributed by atoms with Gasteiger partial charge in [-0.2, -0.15) is 5.10 Å². The van der Waals surface area contributed by atoms with Crippen molar-refractivity contribution in [2.45, 2.75) is 12.3 Å². The highest BCUT2D eigenvalue weighted by molar-refractivity contribution is 6.04. The Kier molecular flexibility index (Phi) is 3.17. The van der Waals surface area contributed by atoms with Crippen molar-refractivity contribution < 1.29 is 14.0 Å². The van der Waals surface area contributed by atoms with Crippen LogP contribution in [0, 0.1) is 5.82 Å². The Morgan fingerprint density at radius 3 is 3.05 bits per heavy atom. The standard InChI is InChI=1S/C14H13FN4O2/c1-19-7-9(6-16-19)17-14(21)11-5-13(20)18-12-4-8(15)2-3-10(11)12/h2-4,6-7,11H,5H2,1H3,(H,17,21)(H,18,20)/t11-/m1/s1. The Balaban J connectivity index is 1.88. The Morgan fingerprint density at radius 1 is 1.52 bits per heavy atom. The summed E-state index contributed by atoms with van der Waals surface area (Å²) in [6.45, 7) is 0. The molecule has 0 fully saturated rings. The second-order valence-corrected chi connectivity index (χ2v) is 4.93. The van der Waals surface area contributed by atoms with Crippen LogP contribution in [-0.4, -0.2) is 21.6 Å². The van der Waals surface area contributed by atoms with Crippen LogP contribution in [0.15, 0.2) is 30.6 Å². The first kappa shape index (κ1) is 13.3. The van der Waals surface area contributed by atoms with Crippen molar-refractivity contribution in [3.63, 3.8) is 0 Å². The molecule has 1 atom stereocenters. The molecule has 0 spiro atoms. The molecule has 3 rings (SSSR count). The predicted molar refractivity (Wildman–Crippen MR) is 74.2 cm³/mol. The van der Waals surface area contributed by atoms with Crippen LogP contribution in [-0.2, 0) is 16.6 Å². The van der Waals surface area contributed by atoms with Gasteiger partial charge in [-0.05, 0) is 17.7 Å². The lowest BCUT2D eigenvalue weighted by atomic mass is 9.89. The number of amides is 2. The number of benzene rings is 1. The van der Waals surface area contributed by atoms with Crippen molar-refractivity contribution >= 4 is 23.2 Å². The van der Waals surface area contributed by atoms with Crippen molar-refractivity contribution in [3.8, 4) is 0 Å². The number of fused-ring (bicyclic) bond motifs is 1. The number of aryl methyl sites for hydroxylation is 1. The van der Waals surface area contributed by atoms with Crippen molar-refractivity contribution in [3.05, 3.63) is 42.0 Å². The SMILES string of the molecule is Cn1cc(NC(=O)[C@@H]2CC(=O)Nc3cc(F)ccc32)cn1. The van der Waals surface area contributed by atoms with E-state index in [0.717, 1.165) is 0 Å². The maximum Gasteiger partial charge on any atom is 0.232 e. The molecule has 0 unspecified atom stereocenters. The minimum absolute atomic E-state index is 0.0325. The summed E-state index contributed by atoms with van der Waals surface area (Å²) < 4.78 is 14.8. The van der Waals surface area contributed by atoms with Gasteiger partial charge in [0.1, 0.15) is 5.82 Å². The van der Waals surface area contributed by atoms with E-state index in [1.807, 2.05) is 0 Å². The van der Waals surface area contributed by atoms with Crippen LogP contribution in [0.25, 0.3) is 0 Å². The summed E-state index contributed by atoms with van der Waals surface area (Å²) in [5.41, 5.74) is 1.51. The van der Waals surface area contributed by atoms with Crippen LogP contribution >= 0.6 is 0 Å². The summed E-state index contributed by atoms with van der Waals surface area (Å²) in [5.74, 6) is -1.72. The predicted octanol–water partition coefficient (Wildman–Crippen LogP) is 1.62. The molecule has 2 N–H and O–H groups in total. The van der Waals surface area contributed by atoms with Gasteiger partial charge in [0.2, 0.25) is 11.8 Å². The van der Waals surface area contributed by atoms with Gasteiger partial charge in [0.15, 0.2) is 0 Å². The molecule has 1 aliphatic rings. The van der Waals surface area contributed by atoms with Crippen molar-refractivity contribution in [2.75, 3.05) is 10.6 Å². The molecule has 1 aromatic carbocycles. The summed E-state index contributed by atoms with van der Waals surface area (Å²) in [6.07, 6.45) is 3.21. The highest BCUT2D eigenvalue weighted by Gasteiger charge is 2.31. The number of carbonyl (C=O) groups excluding carboxylic acids is 2. The molecule has 2 aromatic rings. The lowest BCUT2D eigenvalue weighted by molar-refractivity contribution is -0.123. The number of nitrogens with zero attached hydrogens (tertiary/aromatic N) is 2. The monoisotopic (exact) mass is 288 g/mol. The third-order valence-electron chi connectivity index (χ3n) is 3.34. The number of aromatic nitrogens is 2. The van der Waals surface area contributed by atoms with E-state index in [-0.39, 0.29) is 18.2 Å². The van der Waals surface area contributed by atoms with E-state index in [1.165, 1.54) is 24.4 Å². The van der Waals surface area contributed by atoms with Crippen molar-refractivity contribution in [2.24, 2.45) is 7.05 Å². The van der Waals surface area contributed by atoms with E-state index in [4.69, 9.17) is 0 Å². The fourth-order valence-corrected chi connectivity index (χ4v) is 2.39. The van der Waals surface area contributed by atoms with Gasteiger partial charge >= 0.3 is 0 Å². The number of hydrogen-bond acceptors (Lipinski definition) is 3. The van der Waals surface area contributed by atoms with Crippen LogP contribution < -0.4 is 10.6 Å². The normalized spacial score (nSPS) is 17.0. The van der Waals surface area contributed by atoms with Crippen molar-refractivity contribution in [1.29, 1.82) is 0 Å². The molecule has 2 heterocycles. The lowest BCUT2D eigenvalue weighted by Crippen LogP contribution is -2.30. The van der Waals surface area contributed by atoms with Gasteiger partial charge in [-0.3, -0.25) is 14.3 Å². The lowest BCUT2D eigenvalue weighted by Gasteiger charge is -2.24. The van der Waals surface area contributed by atoms with E-state index in [1.54, 1.807) is 17.9 Å². The van der Waals surface area contributed by atoms with Crippen LogP contribution in [0.2, 0.25) is 0 Å². The molecular weight excluding hydrogens is 275 g/mol. The summed E-state index contributed by atoms with van der Waals surface area (Å²) in [7, 11) is 1.74. The molecule has 108 valence electrons. The van der Waals surface area contributed by atoms with Gasteiger partial charge in [0.05, 0.1) is 17.8 Å². The van der Waals surface area contributed by atoms with E-state index < -0.39 is 11.7 Å². The van der Waals surface area contributed by atoms with Gasteiger partial charge in [-0.1, -0.05) is 6.07 Å². The molecular formula is C14H13FN4O2. The largest absolute Gasteiger partial charge is 0.326 e. The highest BCUT2D eigenvalue weighted by Crippen LogP contribution is 2.33. The summed E-state index contributed by atoms with van der Waals surface area (Å²) >= 11 is 0. The Labute approximate surface area is 120 Å². The van der Waals surface area contributed by atoms with Crippen molar-refractivity contribution in [1.82, 2.24) is 9.78 Å². The average Bonchev–Trinajstić information content (AvgIpc) is 2.82. The topological polar surface area (TPSA) is 76.0 Å². The zero-order valence-electron chi connectivity index (χ0n) is 11.3. The maximum absolute atomic E-state index is 13.2. The van der Waals surface area contributed by atoms with E-state index in [2.05, 4.69) is 15.7 Å². The molecule has 0 aliphatic carbocycles. The van der Waals surface area contributed by atoms with Crippen LogP contribution in [0.5, 0.6) is 0 Å². The molecule has 0 saturated carbocycles. The molecule has 0 bridgehead atoms. The maximum atomic E-state index is 13.2. The Bertz CT molecular complexity index is 726. The average molecular weight is 288 g/mol. The van der Waals surface area contributed by atoms with E-state index >= 15 is 0 Å². The summed E-state index contributed by atoms with van der Waals surface area (Å²) in [6, 6.07) is 4.02. The molecule has 0 radical (unpaired) electrons. The first-order valence-electron chi connectivity index (χ1n) is 6.42. The van der Waals surface area contributed by atoms with Gasteiger partial charge in [-0.25, -0.2) is 4.39 Å². The number of hydrogen-bond donors (Lipinski definition) is 2. The van der Waals surface area contributed by atoms with Gasteiger partial charge in [-0.15, -0.1) is 0 Å². The molecule has 1 aromatic heterocycles. The molecule has 2 amide bonds. The molecule has 1 aliphatic heterocycles. The van der Waals surface area contributed by atoms with Gasteiger partial charge in [0.25, 0.3) is 0 Å².